The van der Waals surface area contributed by atoms with E-state index < -0.39 is 6.04 Å². The van der Waals surface area contributed by atoms with E-state index in [2.05, 4.69) is 37.1 Å². The maximum absolute atomic E-state index is 13.0. The molecule has 0 radical (unpaired) electrons. The van der Waals surface area contributed by atoms with Gasteiger partial charge in [0.05, 0.1) is 0 Å². The summed E-state index contributed by atoms with van der Waals surface area (Å²) in [6, 6.07) is 5.31. The van der Waals surface area contributed by atoms with E-state index in [-0.39, 0.29) is 29.7 Å². The van der Waals surface area contributed by atoms with Gasteiger partial charge in [-0.3, -0.25) is 19.7 Å². The topological polar surface area (TPSA) is 78.5 Å². The number of carbonyl (C=O) groups excluding carboxylic acids is 3. The van der Waals surface area contributed by atoms with Gasteiger partial charge in [0, 0.05) is 29.0 Å². The minimum Gasteiger partial charge on any atom is -0.322 e. The Bertz CT molecular complexity index is 928. The number of amides is 3. The molecule has 1 saturated heterocycles. The Morgan fingerprint density at radius 2 is 1.83 bits per heavy atom. The van der Waals surface area contributed by atoms with Gasteiger partial charge in [-0.25, -0.2) is 0 Å². The molecule has 0 bridgehead atoms. The van der Waals surface area contributed by atoms with Gasteiger partial charge >= 0.3 is 0 Å². The third-order valence-electron chi connectivity index (χ3n) is 7.76. The quantitative estimate of drug-likeness (QED) is 0.130. The second kappa shape index (κ2) is 14.0. The lowest BCUT2D eigenvalue weighted by Crippen LogP contribution is -2.52. The molecule has 3 rings (SSSR count). The average Bonchev–Trinajstić information content (AvgIpc) is 3.21. The van der Waals surface area contributed by atoms with E-state index in [0.717, 1.165) is 48.4 Å². The Kier molecular flexibility index (Phi) is 11.1. The standard InChI is InChI=1S/C29H43N3O3S/c1-4-18-29(5-2,6-3)30-19-11-9-7-8-10-12-20-36-25-15-13-14-22-23(25)21-32(28(22)35)24-16-17-26(33)31-27(24)34/h4,13-15,24,30H,1,5-12,16-21H2,2-3H3,(H,31,33,34). The highest BCUT2D eigenvalue weighted by atomic mass is 32.2. The number of piperidine rings is 1. The molecule has 2 N–H and O–H groups in total. The zero-order valence-electron chi connectivity index (χ0n) is 22.1. The van der Waals surface area contributed by atoms with E-state index in [1.165, 1.54) is 32.1 Å². The molecule has 1 aromatic carbocycles. The van der Waals surface area contributed by atoms with Crippen LogP contribution in [-0.2, 0) is 16.1 Å². The Morgan fingerprint density at radius 1 is 1.11 bits per heavy atom. The van der Waals surface area contributed by atoms with Gasteiger partial charge in [-0.15, -0.1) is 18.3 Å². The van der Waals surface area contributed by atoms with E-state index in [9.17, 15) is 14.4 Å². The number of rotatable bonds is 16. The monoisotopic (exact) mass is 513 g/mol. The van der Waals surface area contributed by atoms with Crippen LogP contribution in [-0.4, -0.2) is 46.5 Å². The molecule has 1 aromatic rings. The van der Waals surface area contributed by atoms with Crippen molar-refractivity contribution in [1.29, 1.82) is 0 Å². The summed E-state index contributed by atoms with van der Waals surface area (Å²) in [6.45, 7) is 9.96. The van der Waals surface area contributed by atoms with Crippen molar-refractivity contribution in [2.24, 2.45) is 0 Å². The van der Waals surface area contributed by atoms with Crippen molar-refractivity contribution in [3.63, 3.8) is 0 Å². The highest BCUT2D eigenvalue weighted by Crippen LogP contribution is 2.34. The molecule has 1 atom stereocenters. The van der Waals surface area contributed by atoms with Crippen LogP contribution in [0.3, 0.4) is 0 Å². The molecule has 0 aromatic heterocycles. The number of benzene rings is 1. The number of unbranched alkanes of at least 4 members (excludes halogenated alkanes) is 5. The number of nitrogens with zero attached hydrogens (tertiary/aromatic N) is 1. The summed E-state index contributed by atoms with van der Waals surface area (Å²) in [5.74, 6) is 0.314. The normalized spacial score (nSPS) is 17.9. The first-order valence-corrected chi connectivity index (χ1v) is 14.7. The molecule has 0 spiro atoms. The van der Waals surface area contributed by atoms with E-state index in [4.69, 9.17) is 0 Å². The number of fused-ring (bicyclic) bond motifs is 1. The van der Waals surface area contributed by atoms with Gasteiger partial charge in [-0.1, -0.05) is 51.7 Å². The molecule has 1 fully saturated rings. The third-order valence-corrected chi connectivity index (χ3v) is 8.94. The van der Waals surface area contributed by atoms with Gasteiger partial charge in [-0.2, -0.15) is 0 Å². The molecular formula is C29H43N3O3S. The Morgan fingerprint density at radius 3 is 2.53 bits per heavy atom. The summed E-state index contributed by atoms with van der Waals surface area (Å²) < 4.78 is 0. The van der Waals surface area contributed by atoms with Crippen LogP contribution >= 0.6 is 11.8 Å². The summed E-state index contributed by atoms with van der Waals surface area (Å²) in [5.41, 5.74) is 1.94. The number of hydrogen-bond donors (Lipinski definition) is 2. The first kappa shape index (κ1) is 28.5. The fourth-order valence-corrected chi connectivity index (χ4v) is 6.39. The third kappa shape index (κ3) is 7.22. The highest BCUT2D eigenvalue weighted by molar-refractivity contribution is 7.99. The maximum atomic E-state index is 13.0. The lowest BCUT2D eigenvalue weighted by atomic mass is 9.89. The molecule has 2 aliphatic rings. The minimum absolute atomic E-state index is 0.101. The van der Waals surface area contributed by atoms with Crippen molar-refractivity contribution >= 4 is 29.5 Å². The van der Waals surface area contributed by atoms with Crippen LogP contribution in [0.25, 0.3) is 0 Å². The van der Waals surface area contributed by atoms with Crippen molar-refractivity contribution in [3.05, 3.63) is 42.0 Å². The minimum atomic E-state index is -0.557. The predicted octanol–water partition coefficient (Wildman–Crippen LogP) is 5.60. The molecule has 3 amide bonds. The molecule has 198 valence electrons. The number of carbonyl (C=O) groups is 3. The Balaban J connectivity index is 1.34. The molecule has 1 unspecified atom stereocenters. The van der Waals surface area contributed by atoms with E-state index in [1.54, 1.807) is 4.90 Å². The maximum Gasteiger partial charge on any atom is 0.255 e. The van der Waals surface area contributed by atoms with Crippen LogP contribution in [0, 0.1) is 0 Å². The summed E-state index contributed by atoms with van der Waals surface area (Å²) >= 11 is 1.81. The van der Waals surface area contributed by atoms with Gasteiger partial charge in [0.2, 0.25) is 11.8 Å². The first-order chi connectivity index (χ1) is 17.4. The molecule has 2 heterocycles. The summed E-state index contributed by atoms with van der Waals surface area (Å²) in [4.78, 5) is 39.5. The van der Waals surface area contributed by atoms with Gasteiger partial charge in [0.25, 0.3) is 5.91 Å². The summed E-state index contributed by atoms with van der Waals surface area (Å²) in [6.07, 6.45) is 13.4. The van der Waals surface area contributed by atoms with E-state index in [1.807, 2.05) is 30.0 Å². The van der Waals surface area contributed by atoms with Crippen LogP contribution < -0.4 is 10.6 Å². The fraction of sp³-hybridized carbons (Fsp3) is 0.621. The average molecular weight is 514 g/mol. The highest BCUT2D eigenvalue weighted by Gasteiger charge is 2.39. The summed E-state index contributed by atoms with van der Waals surface area (Å²) in [7, 11) is 0. The van der Waals surface area contributed by atoms with Crippen molar-refractivity contribution in [3.8, 4) is 0 Å². The predicted molar refractivity (Wildman–Crippen MR) is 147 cm³/mol. The van der Waals surface area contributed by atoms with Crippen molar-refractivity contribution in [1.82, 2.24) is 15.5 Å². The zero-order valence-corrected chi connectivity index (χ0v) is 22.9. The molecule has 6 nitrogen and oxygen atoms in total. The number of imide groups is 1. The lowest BCUT2D eigenvalue weighted by Gasteiger charge is -2.32. The van der Waals surface area contributed by atoms with Crippen molar-refractivity contribution in [2.45, 2.75) is 107 Å². The Labute approximate surface area is 221 Å². The van der Waals surface area contributed by atoms with Gasteiger partial charge < -0.3 is 10.2 Å². The second-order valence-corrected chi connectivity index (χ2v) is 11.2. The SMILES string of the molecule is C=CCC(CC)(CC)NCCCCCCCCSc1cccc2c1CN(C1CCC(=O)NC1=O)C2=O. The smallest absolute Gasteiger partial charge is 0.255 e. The molecule has 7 heteroatoms. The van der Waals surface area contributed by atoms with Crippen LogP contribution in [0.5, 0.6) is 0 Å². The number of hydrogen-bond acceptors (Lipinski definition) is 5. The molecule has 0 aliphatic carbocycles. The van der Waals surface area contributed by atoms with Crippen LogP contribution in [0.4, 0.5) is 0 Å². The van der Waals surface area contributed by atoms with Gasteiger partial charge in [0.15, 0.2) is 0 Å². The fourth-order valence-electron chi connectivity index (χ4n) is 5.30. The molecule has 36 heavy (non-hydrogen) atoms. The molecule has 2 aliphatic heterocycles. The summed E-state index contributed by atoms with van der Waals surface area (Å²) in [5, 5.41) is 6.15. The largest absolute Gasteiger partial charge is 0.322 e. The van der Waals surface area contributed by atoms with Crippen LogP contribution in [0.2, 0.25) is 0 Å². The van der Waals surface area contributed by atoms with Crippen LogP contribution in [0.15, 0.2) is 35.7 Å². The zero-order chi connectivity index (χ0) is 26.0. The van der Waals surface area contributed by atoms with E-state index in [0.29, 0.717) is 18.5 Å². The second-order valence-electron chi connectivity index (χ2n) is 10.1. The molecular weight excluding hydrogens is 470 g/mol. The van der Waals surface area contributed by atoms with Crippen LogP contribution in [0.1, 0.15) is 100 Å². The van der Waals surface area contributed by atoms with Crippen molar-refractivity contribution < 1.29 is 14.4 Å². The first-order valence-electron chi connectivity index (χ1n) is 13.7. The van der Waals surface area contributed by atoms with Gasteiger partial charge in [0.1, 0.15) is 6.04 Å². The van der Waals surface area contributed by atoms with E-state index >= 15 is 0 Å². The van der Waals surface area contributed by atoms with Crippen molar-refractivity contribution in [2.75, 3.05) is 12.3 Å². The lowest BCUT2D eigenvalue weighted by molar-refractivity contribution is -0.136. The van der Waals surface area contributed by atoms with Gasteiger partial charge in [-0.05, 0) is 68.5 Å². The number of nitrogens with one attached hydrogen (secondary N) is 2. The Hall–Kier alpha value is -2.12. The number of thioether (sulfide) groups is 1. The molecule has 0 saturated carbocycles.